The summed E-state index contributed by atoms with van der Waals surface area (Å²) in [4.78, 5) is 35.7. The predicted octanol–water partition coefficient (Wildman–Crippen LogP) is 0.770. The second-order valence-electron chi connectivity index (χ2n) is 4.78. The van der Waals surface area contributed by atoms with Crippen molar-refractivity contribution >= 4 is 18.2 Å². The Hall–Kier alpha value is -2.63. The van der Waals surface area contributed by atoms with Crippen LogP contribution in [0.4, 0.5) is 0 Å². The third kappa shape index (κ3) is 2.40. The highest BCUT2D eigenvalue weighted by Gasteiger charge is 2.54. The van der Waals surface area contributed by atoms with Crippen LogP contribution in [0.2, 0.25) is 0 Å². The van der Waals surface area contributed by atoms with Crippen LogP contribution in [-0.2, 0) is 30.5 Å². The number of hydrogen-bond acceptors (Lipinski definition) is 5. The molecule has 2 aliphatic heterocycles. The number of hydrogen-bond donors (Lipinski definition) is 0. The summed E-state index contributed by atoms with van der Waals surface area (Å²) in [5.74, 6) is -0.614. The first kappa shape index (κ1) is 13.4. The fraction of sp³-hybridized carbons (Fsp3) is 0.267. The van der Waals surface area contributed by atoms with Crippen LogP contribution in [-0.4, -0.2) is 35.3 Å². The molecule has 2 aliphatic rings. The van der Waals surface area contributed by atoms with Crippen molar-refractivity contribution in [3.8, 4) is 0 Å². The maximum absolute atomic E-state index is 12.2. The van der Waals surface area contributed by atoms with Crippen LogP contribution >= 0.6 is 0 Å². The number of rotatable bonds is 4. The van der Waals surface area contributed by atoms with Crippen molar-refractivity contribution in [3.63, 3.8) is 0 Å². The van der Waals surface area contributed by atoms with E-state index in [0.29, 0.717) is 6.29 Å². The van der Waals surface area contributed by atoms with Gasteiger partial charge < -0.3 is 9.47 Å². The minimum atomic E-state index is -0.954. The molecule has 0 aliphatic carbocycles. The van der Waals surface area contributed by atoms with Gasteiger partial charge in [-0.3, -0.25) is 14.5 Å². The Morgan fingerprint density at radius 3 is 2.81 bits per heavy atom. The zero-order valence-electron chi connectivity index (χ0n) is 11.1. The van der Waals surface area contributed by atoms with Gasteiger partial charge in [-0.2, -0.15) is 0 Å². The Labute approximate surface area is 120 Å². The number of ether oxygens (including phenoxy) is 2. The number of aldehydes is 1. The molecule has 2 saturated heterocycles. The van der Waals surface area contributed by atoms with E-state index in [2.05, 4.69) is 0 Å². The normalized spacial score (nSPS) is 25.0. The molecule has 1 aromatic carbocycles. The molecule has 21 heavy (non-hydrogen) atoms. The summed E-state index contributed by atoms with van der Waals surface area (Å²) >= 11 is 0. The van der Waals surface area contributed by atoms with Gasteiger partial charge in [-0.1, -0.05) is 30.3 Å². The summed E-state index contributed by atoms with van der Waals surface area (Å²) in [7, 11) is 0. The highest BCUT2D eigenvalue weighted by molar-refractivity contribution is 5.92. The molecule has 0 radical (unpaired) electrons. The minimum Gasteiger partial charge on any atom is -0.471 e. The van der Waals surface area contributed by atoms with E-state index >= 15 is 0 Å². The zero-order valence-corrected chi connectivity index (χ0v) is 11.1. The highest BCUT2D eigenvalue weighted by Crippen LogP contribution is 2.36. The van der Waals surface area contributed by atoms with Gasteiger partial charge in [0.1, 0.15) is 18.7 Å². The van der Waals surface area contributed by atoms with Gasteiger partial charge in [0, 0.05) is 6.08 Å². The number of fused-ring (bicyclic) bond motifs is 1. The third-order valence-electron chi connectivity index (χ3n) is 3.45. The van der Waals surface area contributed by atoms with Gasteiger partial charge in [-0.05, 0) is 5.56 Å². The average molecular weight is 287 g/mol. The van der Waals surface area contributed by atoms with Crippen LogP contribution in [0, 0.1) is 0 Å². The molecule has 2 fully saturated rings. The summed E-state index contributed by atoms with van der Waals surface area (Å²) in [5, 5.41) is 0. The molecule has 0 N–H and O–H groups in total. The lowest BCUT2D eigenvalue weighted by molar-refractivity contribution is -0.166. The number of allylic oxidation sites excluding steroid dienone is 1. The van der Waals surface area contributed by atoms with Crippen LogP contribution in [0.25, 0.3) is 0 Å². The van der Waals surface area contributed by atoms with Gasteiger partial charge in [0.2, 0.25) is 5.91 Å². The largest absolute Gasteiger partial charge is 0.471 e. The molecule has 0 spiro atoms. The number of carbonyl (C=O) groups excluding carboxylic acids is 3. The van der Waals surface area contributed by atoms with Gasteiger partial charge in [0.25, 0.3) is 0 Å². The molecule has 1 unspecified atom stereocenters. The fourth-order valence-corrected chi connectivity index (χ4v) is 2.40. The summed E-state index contributed by atoms with van der Waals surface area (Å²) in [6, 6.07) is 8.26. The second-order valence-corrected chi connectivity index (χ2v) is 4.78. The maximum atomic E-state index is 12.2. The van der Waals surface area contributed by atoms with Gasteiger partial charge >= 0.3 is 5.97 Å². The van der Waals surface area contributed by atoms with Crippen molar-refractivity contribution < 1.29 is 23.9 Å². The van der Waals surface area contributed by atoms with Crippen molar-refractivity contribution in [1.29, 1.82) is 0 Å². The molecule has 108 valence electrons. The molecule has 0 bridgehead atoms. The van der Waals surface area contributed by atoms with Crippen LogP contribution in [0.5, 0.6) is 0 Å². The predicted molar refractivity (Wildman–Crippen MR) is 70.5 cm³/mol. The number of benzene rings is 1. The van der Waals surface area contributed by atoms with E-state index in [4.69, 9.17) is 9.47 Å². The molecule has 0 saturated carbocycles. The molecule has 3 rings (SSSR count). The molecule has 6 nitrogen and oxygen atoms in total. The van der Waals surface area contributed by atoms with Gasteiger partial charge in [-0.15, -0.1) is 0 Å². The number of nitrogens with zero attached hydrogens (tertiary/aromatic N) is 1. The first-order valence-corrected chi connectivity index (χ1v) is 6.54. The topological polar surface area (TPSA) is 72.9 Å². The molecule has 2 atom stereocenters. The number of esters is 1. The van der Waals surface area contributed by atoms with E-state index in [1.54, 1.807) is 0 Å². The average Bonchev–Trinajstić information content (AvgIpc) is 2.79. The van der Waals surface area contributed by atoms with Crippen molar-refractivity contribution in [3.05, 3.63) is 47.7 Å². The molecule has 0 aromatic heterocycles. The summed E-state index contributed by atoms with van der Waals surface area (Å²) in [5.41, 5.74) is 0.845. The highest BCUT2D eigenvalue weighted by atomic mass is 16.6. The standard InChI is InChI=1S/C15H13NO5/c17-7-6-11-14(16-12(18)8-13(16)21-11)15(19)20-9-10-4-2-1-3-5-10/h1-7,13-14H,8-9H2/t13-,14?/m1/s1. The Bertz CT molecular complexity index is 610. The van der Waals surface area contributed by atoms with E-state index < -0.39 is 18.2 Å². The lowest BCUT2D eigenvalue weighted by atomic mass is 10.1. The number of carbonyl (C=O) groups is 3. The van der Waals surface area contributed by atoms with Crippen LogP contribution in [0.15, 0.2) is 42.2 Å². The molecule has 1 aromatic rings. The minimum absolute atomic E-state index is 0.108. The van der Waals surface area contributed by atoms with Crippen LogP contribution < -0.4 is 0 Å². The van der Waals surface area contributed by atoms with Gasteiger partial charge in [0.15, 0.2) is 12.3 Å². The van der Waals surface area contributed by atoms with Crippen molar-refractivity contribution in [1.82, 2.24) is 4.90 Å². The van der Waals surface area contributed by atoms with E-state index in [1.165, 1.54) is 4.90 Å². The third-order valence-corrected chi connectivity index (χ3v) is 3.45. The van der Waals surface area contributed by atoms with E-state index in [-0.39, 0.29) is 24.7 Å². The lowest BCUT2D eigenvalue weighted by Gasteiger charge is -2.33. The number of amides is 1. The molecular weight excluding hydrogens is 274 g/mol. The quantitative estimate of drug-likeness (QED) is 0.354. The first-order valence-electron chi connectivity index (χ1n) is 6.54. The maximum Gasteiger partial charge on any atom is 0.337 e. The van der Waals surface area contributed by atoms with Crippen molar-refractivity contribution in [2.45, 2.75) is 25.3 Å². The summed E-state index contributed by atoms with van der Waals surface area (Å²) in [6.45, 7) is 0.108. The monoisotopic (exact) mass is 287 g/mol. The Morgan fingerprint density at radius 1 is 1.38 bits per heavy atom. The first-order chi connectivity index (χ1) is 10.2. The van der Waals surface area contributed by atoms with Crippen molar-refractivity contribution in [2.75, 3.05) is 0 Å². The van der Waals surface area contributed by atoms with E-state index in [0.717, 1.165) is 11.6 Å². The van der Waals surface area contributed by atoms with Crippen molar-refractivity contribution in [2.24, 2.45) is 0 Å². The fourth-order valence-electron chi connectivity index (χ4n) is 2.40. The Morgan fingerprint density at radius 2 is 2.14 bits per heavy atom. The van der Waals surface area contributed by atoms with Gasteiger partial charge in [0.05, 0.1) is 6.42 Å². The SMILES string of the molecule is O=CC=C1O[C@@H]2CC(=O)N2C1C(=O)OCc1ccccc1. The van der Waals surface area contributed by atoms with Crippen LogP contribution in [0.3, 0.4) is 0 Å². The molecule has 6 heteroatoms. The Kier molecular flexibility index (Phi) is 3.43. The second kappa shape index (κ2) is 5.40. The Balaban J connectivity index is 1.71. The van der Waals surface area contributed by atoms with Gasteiger partial charge in [-0.25, -0.2) is 4.79 Å². The summed E-state index contributed by atoms with van der Waals surface area (Å²) < 4.78 is 10.6. The lowest BCUT2D eigenvalue weighted by Crippen LogP contribution is -2.55. The zero-order chi connectivity index (χ0) is 14.8. The summed E-state index contributed by atoms with van der Waals surface area (Å²) in [6.07, 6.45) is 1.44. The van der Waals surface area contributed by atoms with Crippen LogP contribution in [0.1, 0.15) is 12.0 Å². The molecular formula is C15H13NO5. The number of β-lactam (4-membered cyclic amide) rings is 1. The van der Waals surface area contributed by atoms with E-state index in [1.807, 2.05) is 30.3 Å². The molecule has 1 amide bonds. The van der Waals surface area contributed by atoms with E-state index in [9.17, 15) is 14.4 Å². The smallest absolute Gasteiger partial charge is 0.337 e. The molecule has 2 heterocycles.